The van der Waals surface area contributed by atoms with E-state index in [0.29, 0.717) is 17.1 Å². The molecule has 2 aliphatic rings. The molecule has 0 saturated carbocycles. The molecule has 1 saturated heterocycles. The fourth-order valence-electron chi connectivity index (χ4n) is 5.81. The van der Waals surface area contributed by atoms with Crippen LogP contribution in [-0.2, 0) is 16.4 Å². The van der Waals surface area contributed by atoms with Crippen molar-refractivity contribution in [2.24, 2.45) is 0 Å². The third-order valence-corrected chi connectivity index (χ3v) is 8.19. The number of fused-ring (bicyclic) bond motifs is 1. The average Bonchev–Trinajstić information content (AvgIpc) is 3.30. The molecule has 0 amide bonds. The number of imidazole rings is 1. The summed E-state index contributed by atoms with van der Waals surface area (Å²) in [5.41, 5.74) is 3.52. The minimum Gasteiger partial charge on any atom is -0.296 e. The second-order valence-electron chi connectivity index (χ2n) is 9.02. The normalized spacial score (nSPS) is 19.8. The number of nitrogens with zero attached hydrogens (tertiary/aromatic N) is 3. The van der Waals surface area contributed by atoms with Crippen LogP contribution in [0, 0.1) is 0 Å². The van der Waals surface area contributed by atoms with E-state index in [1.165, 1.54) is 21.9 Å². The van der Waals surface area contributed by atoms with Crippen LogP contribution < -0.4 is 5.69 Å². The van der Waals surface area contributed by atoms with E-state index in [2.05, 4.69) is 41.3 Å². The molecule has 6 nitrogen and oxygen atoms in total. The van der Waals surface area contributed by atoms with Crippen LogP contribution in [0.1, 0.15) is 36.1 Å². The Labute approximate surface area is 186 Å². The molecule has 4 aromatic rings. The molecular formula is C25H25N3O3S. The summed E-state index contributed by atoms with van der Waals surface area (Å²) in [6, 6.07) is 20.7. The number of likely N-dealkylation sites (tertiary alicyclic amines) is 1. The van der Waals surface area contributed by atoms with Crippen molar-refractivity contribution in [1.82, 2.24) is 13.4 Å². The SMILES string of the molecule is CS(=O)(=O)n1c(=O)n(C2CCN([C@@H]3Cc4cccc5cccc3c45)CC2)c2ccccc21. The van der Waals surface area contributed by atoms with Crippen molar-refractivity contribution in [3.8, 4) is 0 Å². The molecule has 1 aromatic heterocycles. The summed E-state index contributed by atoms with van der Waals surface area (Å²) in [4.78, 5) is 15.7. The minimum atomic E-state index is -3.68. The van der Waals surface area contributed by atoms with Gasteiger partial charge in [-0.25, -0.2) is 13.2 Å². The summed E-state index contributed by atoms with van der Waals surface area (Å²) in [5.74, 6) is 0. The summed E-state index contributed by atoms with van der Waals surface area (Å²) in [6.45, 7) is 1.76. The third kappa shape index (κ3) is 2.88. The van der Waals surface area contributed by atoms with Crippen LogP contribution >= 0.6 is 0 Å². The molecule has 0 radical (unpaired) electrons. The van der Waals surface area contributed by atoms with Crippen LogP contribution in [0.2, 0.25) is 0 Å². The molecule has 2 heterocycles. The number of piperidine rings is 1. The predicted molar refractivity (Wildman–Crippen MR) is 127 cm³/mol. The number of hydrogen-bond donors (Lipinski definition) is 0. The van der Waals surface area contributed by atoms with Crippen molar-refractivity contribution in [2.75, 3.05) is 19.3 Å². The van der Waals surface area contributed by atoms with E-state index in [1.54, 1.807) is 16.7 Å². The minimum absolute atomic E-state index is 0.00813. The van der Waals surface area contributed by atoms with Gasteiger partial charge >= 0.3 is 5.69 Å². The first kappa shape index (κ1) is 19.8. The number of hydrogen-bond acceptors (Lipinski definition) is 4. The Bertz CT molecular complexity index is 1520. The van der Waals surface area contributed by atoms with Gasteiger partial charge in [-0.1, -0.05) is 48.5 Å². The van der Waals surface area contributed by atoms with E-state index in [-0.39, 0.29) is 6.04 Å². The first-order valence-electron chi connectivity index (χ1n) is 11.1. The summed E-state index contributed by atoms with van der Waals surface area (Å²) in [5, 5.41) is 2.70. The Morgan fingerprint density at radius 2 is 1.56 bits per heavy atom. The van der Waals surface area contributed by atoms with Crippen LogP contribution in [0.4, 0.5) is 0 Å². The van der Waals surface area contributed by atoms with E-state index in [0.717, 1.165) is 42.6 Å². The van der Waals surface area contributed by atoms with Gasteiger partial charge in [0.15, 0.2) is 0 Å². The second kappa shape index (κ2) is 7.05. The van der Waals surface area contributed by atoms with Gasteiger partial charge in [0.05, 0.1) is 17.3 Å². The maximum Gasteiger partial charge on any atom is 0.343 e. The number of benzene rings is 3. The molecule has 32 heavy (non-hydrogen) atoms. The highest BCUT2D eigenvalue weighted by molar-refractivity contribution is 7.89. The molecule has 0 N–H and O–H groups in total. The molecule has 164 valence electrons. The Hall–Kier alpha value is -2.90. The Morgan fingerprint density at radius 3 is 2.28 bits per heavy atom. The molecule has 1 aliphatic carbocycles. The fourth-order valence-corrected chi connectivity index (χ4v) is 6.70. The zero-order chi connectivity index (χ0) is 22.0. The standard InChI is InChI=1S/C25H25N3O3S/c1-32(30,31)28-22-11-3-2-10-21(22)27(25(28)29)19-12-14-26(15-13-19)23-16-18-8-4-6-17-7-5-9-20(23)24(17)18/h2-11,19,23H,12-16H2,1H3/t23-/m1/s1. The smallest absolute Gasteiger partial charge is 0.296 e. The lowest BCUT2D eigenvalue weighted by atomic mass is 9.99. The number of rotatable bonds is 3. The van der Waals surface area contributed by atoms with Crippen LogP contribution in [0.15, 0.2) is 65.5 Å². The van der Waals surface area contributed by atoms with Crippen molar-refractivity contribution in [3.05, 3.63) is 82.3 Å². The maximum atomic E-state index is 13.2. The summed E-state index contributed by atoms with van der Waals surface area (Å²) < 4.78 is 27.3. The predicted octanol–water partition coefficient (Wildman–Crippen LogP) is 3.70. The molecule has 3 aromatic carbocycles. The van der Waals surface area contributed by atoms with Crippen molar-refractivity contribution >= 4 is 31.8 Å². The summed E-state index contributed by atoms with van der Waals surface area (Å²) >= 11 is 0. The zero-order valence-corrected chi connectivity index (χ0v) is 18.8. The molecule has 1 fully saturated rings. The molecule has 1 atom stereocenters. The first-order chi connectivity index (χ1) is 15.4. The van der Waals surface area contributed by atoms with Gasteiger partial charge in [0.1, 0.15) is 0 Å². The first-order valence-corrected chi connectivity index (χ1v) is 13.0. The molecule has 7 heteroatoms. The summed E-state index contributed by atoms with van der Waals surface area (Å²) in [7, 11) is -3.68. The van der Waals surface area contributed by atoms with Gasteiger partial charge in [-0.3, -0.25) is 9.47 Å². The average molecular weight is 448 g/mol. The molecule has 0 unspecified atom stereocenters. The van der Waals surface area contributed by atoms with Gasteiger partial charge in [-0.2, -0.15) is 3.97 Å². The van der Waals surface area contributed by atoms with Gasteiger partial charge in [0.2, 0.25) is 10.0 Å². The highest BCUT2D eigenvalue weighted by Gasteiger charge is 2.33. The van der Waals surface area contributed by atoms with Crippen molar-refractivity contribution in [3.63, 3.8) is 0 Å². The Morgan fingerprint density at radius 1 is 0.875 bits per heavy atom. The maximum absolute atomic E-state index is 13.2. The van der Waals surface area contributed by atoms with E-state index in [1.807, 2.05) is 12.1 Å². The van der Waals surface area contributed by atoms with E-state index in [4.69, 9.17) is 0 Å². The van der Waals surface area contributed by atoms with Gasteiger partial charge < -0.3 is 0 Å². The molecule has 0 spiro atoms. The molecular weight excluding hydrogens is 422 g/mol. The Balaban J connectivity index is 1.31. The topological polar surface area (TPSA) is 64.3 Å². The van der Waals surface area contributed by atoms with Gasteiger partial charge in [0.25, 0.3) is 0 Å². The lowest BCUT2D eigenvalue weighted by Crippen LogP contribution is -2.40. The summed E-state index contributed by atoms with van der Waals surface area (Å²) in [6.07, 6.45) is 3.75. The lowest BCUT2D eigenvalue weighted by Gasteiger charge is -2.36. The van der Waals surface area contributed by atoms with Crippen molar-refractivity contribution in [2.45, 2.75) is 31.3 Å². The van der Waals surface area contributed by atoms with Crippen LogP contribution in [0.25, 0.3) is 21.8 Å². The van der Waals surface area contributed by atoms with Crippen LogP contribution in [0.3, 0.4) is 0 Å². The van der Waals surface area contributed by atoms with Crippen LogP contribution in [-0.4, -0.2) is 41.2 Å². The van der Waals surface area contributed by atoms with E-state index >= 15 is 0 Å². The fraction of sp³-hybridized carbons (Fsp3) is 0.320. The van der Waals surface area contributed by atoms with Crippen molar-refractivity contribution in [1.29, 1.82) is 0 Å². The largest absolute Gasteiger partial charge is 0.343 e. The third-order valence-electron chi connectivity index (χ3n) is 7.17. The van der Waals surface area contributed by atoms with Gasteiger partial charge in [-0.15, -0.1) is 0 Å². The van der Waals surface area contributed by atoms with Crippen molar-refractivity contribution < 1.29 is 8.42 Å². The second-order valence-corrected chi connectivity index (χ2v) is 10.8. The van der Waals surface area contributed by atoms with Gasteiger partial charge in [-0.05, 0) is 53.3 Å². The van der Waals surface area contributed by atoms with Gasteiger partial charge in [0, 0.05) is 25.2 Å². The quantitative estimate of drug-likeness (QED) is 0.480. The molecule has 0 bridgehead atoms. The van der Waals surface area contributed by atoms with Crippen LogP contribution in [0.5, 0.6) is 0 Å². The number of para-hydroxylation sites is 2. The number of aromatic nitrogens is 2. The molecule has 6 rings (SSSR count). The van der Waals surface area contributed by atoms with E-state index in [9.17, 15) is 13.2 Å². The highest BCUT2D eigenvalue weighted by Crippen LogP contribution is 2.41. The molecule has 1 aliphatic heterocycles. The monoisotopic (exact) mass is 447 g/mol. The Kier molecular flexibility index (Phi) is 4.35. The highest BCUT2D eigenvalue weighted by atomic mass is 32.2. The van der Waals surface area contributed by atoms with E-state index < -0.39 is 15.7 Å². The lowest BCUT2D eigenvalue weighted by molar-refractivity contribution is 0.137. The zero-order valence-electron chi connectivity index (χ0n) is 17.9.